The van der Waals surface area contributed by atoms with Gasteiger partial charge in [-0.1, -0.05) is 29.3 Å². The van der Waals surface area contributed by atoms with Crippen LogP contribution >= 0.6 is 34.5 Å². The standard InChI is InChI=1S/C12H12Cl2N2S/c13-10-2-1-3-11(14)9(10)6-12-16-8(4-5-15)7-17-12/h1-3,7H,4-6,15H2. The first-order valence-corrected chi connectivity index (χ1v) is 6.90. The number of rotatable bonds is 4. The van der Waals surface area contributed by atoms with Crippen molar-refractivity contribution >= 4 is 34.5 Å². The highest BCUT2D eigenvalue weighted by Crippen LogP contribution is 2.27. The maximum Gasteiger partial charge on any atom is 0.0973 e. The van der Waals surface area contributed by atoms with Crippen LogP contribution in [0.3, 0.4) is 0 Å². The Labute approximate surface area is 114 Å². The topological polar surface area (TPSA) is 38.9 Å². The van der Waals surface area contributed by atoms with Crippen molar-refractivity contribution in [1.82, 2.24) is 4.98 Å². The van der Waals surface area contributed by atoms with Gasteiger partial charge in [0.05, 0.1) is 10.7 Å². The fraction of sp³-hybridized carbons (Fsp3) is 0.250. The average Bonchev–Trinajstić information content (AvgIpc) is 2.72. The van der Waals surface area contributed by atoms with Gasteiger partial charge in [0.2, 0.25) is 0 Å². The maximum absolute atomic E-state index is 6.12. The number of nitrogens with zero attached hydrogens (tertiary/aromatic N) is 1. The predicted molar refractivity (Wildman–Crippen MR) is 74.1 cm³/mol. The largest absolute Gasteiger partial charge is 0.330 e. The zero-order valence-electron chi connectivity index (χ0n) is 9.12. The van der Waals surface area contributed by atoms with Gasteiger partial charge in [0, 0.05) is 28.3 Å². The van der Waals surface area contributed by atoms with Crippen LogP contribution in [-0.2, 0) is 12.8 Å². The number of thiazole rings is 1. The van der Waals surface area contributed by atoms with Gasteiger partial charge in [0.25, 0.3) is 0 Å². The van der Waals surface area contributed by atoms with Gasteiger partial charge in [-0.25, -0.2) is 4.98 Å². The van der Waals surface area contributed by atoms with Gasteiger partial charge < -0.3 is 5.73 Å². The molecule has 17 heavy (non-hydrogen) atoms. The molecule has 0 saturated carbocycles. The molecule has 0 bridgehead atoms. The molecule has 2 rings (SSSR count). The number of aromatic nitrogens is 1. The molecule has 1 heterocycles. The van der Waals surface area contributed by atoms with E-state index >= 15 is 0 Å². The van der Waals surface area contributed by atoms with Crippen LogP contribution in [0.15, 0.2) is 23.6 Å². The minimum absolute atomic E-state index is 0.621. The summed E-state index contributed by atoms with van der Waals surface area (Å²) in [7, 11) is 0. The summed E-state index contributed by atoms with van der Waals surface area (Å²) in [5, 5.41) is 4.43. The van der Waals surface area contributed by atoms with Gasteiger partial charge in [-0.05, 0) is 24.2 Å². The summed E-state index contributed by atoms with van der Waals surface area (Å²) in [6.45, 7) is 0.621. The van der Waals surface area contributed by atoms with Gasteiger partial charge >= 0.3 is 0 Å². The maximum atomic E-state index is 6.12. The summed E-state index contributed by atoms with van der Waals surface area (Å²) in [5.74, 6) is 0. The minimum atomic E-state index is 0.621. The Morgan fingerprint density at radius 1 is 1.24 bits per heavy atom. The SMILES string of the molecule is NCCc1csc(Cc2c(Cl)cccc2Cl)n1. The summed E-state index contributed by atoms with van der Waals surface area (Å²) in [4.78, 5) is 4.50. The third-order valence-corrected chi connectivity index (χ3v) is 4.00. The van der Waals surface area contributed by atoms with E-state index in [9.17, 15) is 0 Å². The number of hydrogen-bond donors (Lipinski definition) is 1. The molecule has 2 N–H and O–H groups in total. The quantitative estimate of drug-likeness (QED) is 0.934. The molecule has 0 radical (unpaired) electrons. The second-order valence-electron chi connectivity index (χ2n) is 3.65. The van der Waals surface area contributed by atoms with E-state index in [-0.39, 0.29) is 0 Å². The van der Waals surface area contributed by atoms with E-state index in [0.717, 1.165) is 22.7 Å². The molecule has 0 aliphatic carbocycles. The van der Waals surface area contributed by atoms with Crippen molar-refractivity contribution in [3.05, 3.63) is 49.9 Å². The minimum Gasteiger partial charge on any atom is -0.330 e. The lowest BCUT2D eigenvalue weighted by molar-refractivity contribution is 0.922. The summed E-state index contributed by atoms with van der Waals surface area (Å²) in [6.07, 6.45) is 1.49. The Bertz CT molecular complexity index is 491. The zero-order chi connectivity index (χ0) is 12.3. The van der Waals surface area contributed by atoms with Gasteiger partial charge in [0.15, 0.2) is 0 Å². The number of halogens is 2. The lowest BCUT2D eigenvalue weighted by Crippen LogP contribution is -2.03. The lowest BCUT2D eigenvalue weighted by Gasteiger charge is -2.04. The molecule has 0 fully saturated rings. The predicted octanol–water partition coefficient (Wildman–Crippen LogP) is 3.54. The third kappa shape index (κ3) is 3.19. The molecule has 1 aromatic heterocycles. The Morgan fingerprint density at radius 2 is 1.94 bits per heavy atom. The first-order valence-electron chi connectivity index (χ1n) is 5.27. The smallest absolute Gasteiger partial charge is 0.0973 e. The van der Waals surface area contributed by atoms with Gasteiger partial charge in [0.1, 0.15) is 0 Å². The molecule has 0 aliphatic heterocycles. The summed E-state index contributed by atoms with van der Waals surface area (Å²) in [5.41, 5.74) is 7.47. The van der Waals surface area contributed by atoms with E-state index in [1.807, 2.05) is 23.6 Å². The second-order valence-corrected chi connectivity index (χ2v) is 5.41. The molecule has 0 spiro atoms. The van der Waals surface area contributed by atoms with E-state index in [1.54, 1.807) is 11.3 Å². The van der Waals surface area contributed by atoms with Gasteiger partial charge in [-0.3, -0.25) is 0 Å². The Kier molecular flexibility index (Phi) is 4.40. The summed E-state index contributed by atoms with van der Waals surface area (Å²) in [6, 6.07) is 5.53. The molecule has 2 aromatic rings. The molecule has 1 aromatic carbocycles. The Hall–Kier alpha value is -0.610. The highest BCUT2D eigenvalue weighted by atomic mass is 35.5. The first-order chi connectivity index (χ1) is 8.20. The van der Waals surface area contributed by atoms with Crippen molar-refractivity contribution in [2.24, 2.45) is 5.73 Å². The first kappa shape index (κ1) is 12.8. The van der Waals surface area contributed by atoms with E-state index in [1.165, 1.54) is 0 Å². The summed E-state index contributed by atoms with van der Waals surface area (Å²) >= 11 is 13.9. The fourth-order valence-corrected chi connectivity index (χ4v) is 2.92. The van der Waals surface area contributed by atoms with Crippen molar-refractivity contribution in [3.8, 4) is 0 Å². The normalized spacial score (nSPS) is 10.8. The molecule has 0 atom stereocenters. The van der Waals surface area contributed by atoms with Crippen LogP contribution in [0.1, 0.15) is 16.3 Å². The highest BCUT2D eigenvalue weighted by Gasteiger charge is 2.09. The number of benzene rings is 1. The van der Waals surface area contributed by atoms with Gasteiger partial charge in [-0.2, -0.15) is 0 Å². The van der Waals surface area contributed by atoms with E-state index in [4.69, 9.17) is 28.9 Å². The van der Waals surface area contributed by atoms with Gasteiger partial charge in [-0.15, -0.1) is 11.3 Å². The molecule has 0 saturated heterocycles. The Balaban J connectivity index is 2.19. The van der Waals surface area contributed by atoms with Crippen LogP contribution in [0, 0.1) is 0 Å². The highest BCUT2D eigenvalue weighted by molar-refractivity contribution is 7.09. The number of nitrogens with two attached hydrogens (primary N) is 1. The molecule has 0 unspecified atom stereocenters. The summed E-state index contributed by atoms with van der Waals surface area (Å²) < 4.78 is 0. The Morgan fingerprint density at radius 3 is 2.59 bits per heavy atom. The lowest BCUT2D eigenvalue weighted by atomic mass is 10.1. The monoisotopic (exact) mass is 286 g/mol. The second kappa shape index (κ2) is 5.83. The molecule has 0 aliphatic rings. The molecule has 5 heteroatoms. The van der Waals surface area contributed by atoms with Crippen molar-refractivity contribution in [1.29, 1.82) is 0 Å². The van der Waals surface area contributed by atoms with E-state index in [0.29, 0.717) is 23.0 Å². The fourth-order valence-electron chi connectivity index (χ4n) is 1.55. The number of hydrogen-bond acceptors (Lipinski definition) is 3. The molecule has 0 amide bonds. The molecular weight excluding hydrogens is 275 g/mol. The van der Waals surface area contributed by atoms with E-state index in [2.05, 4.69) is 4.98 Å². The van der Waals surface area contributed by atoms with Crippen LogP contribution in [0.25, 0.3) is 0 Å². The van der Waals surface area contributed by atoms with E-state index < -0.39 is 0 Å². The van der Waals surface area contributed by atoms with Crippen molar-refractivity contribution in [2.45, 2.75) is 12.8 Å². The van der Waals surface area contributed by atoms with Crippen LogP contribution in [-0.4, -0.2) is 11.5 Å². The van der Waals surface area contributed by atoms with Crippen LogP contribution in [0.2, 0.25) is 10.0 Å². The van der Waals surface area contributed by atoms with Crippen molar-refractivity contribution in [3.63, 3.8) is 0 Å². The van der Waals surface area contributed by atoms with Crippen molar-refractivity contribution in [2.75, 3.05) is 6.54 Å². The average molecular weight is 287 g/mol. The van der Waals surface area contributed by atoms with Crippen molar-refractivity contribution < 1.29 is 0 Å². The zero-order valence-corrected chi connectivity index (χ0v) is 11.4. The molecular formula is C12H12Cl2N2S. The molecule has 90 valence electrons. The molecule has 2 nitrogen and oxygen atoms in total. The van der Waals surface area contributed by atoms with Crippen LogP contribution < -0.4 is 5.73 Å². The van der Waals surface area contributed by atoms with Crippen LogP contribution in [0.4, 0.5) is 0 Å². The third-order valence-electron chi connectivity index (χ3n) is 2.39. The van der Waals surface area contributed by atoms with Crippen LogP contribution in [0.5, 0.6) is 0 Å².